The van der Waals surface area contributed by atoms with Crippen LogP contribution in [0.15, 0.2) is 12.1 Å². The van der Waals surface area contributed by atoms with Gasteiger partial charge in [0.2, 0.25) is 0 Å². The second kappa shape index (κ2) is 5.84. The number of aromatic nitrogens is 1. The van der Waals surface area contributed by atoms with Gasteiger partial charge in [0.1, 0.15) is 0 Å². The quantitative estimate of drug-likeness (QED) is 0.805. The molecular weight excluding hydrogens is 292 g/mol. The van der Waals surface area contributed by atoms with Gasteiger partial charge >= 0.3 is 0 Å². The van der Waals surface area contributed by atoms with Crippen molar-refractivity contribution in [3.63, 3.8) is 0 Å². The third kappa shape index (κ3) is 2.75. The molecule has 0 amide bonds. The molecule has 2 heterocycles. The van der Waals surface area contributed by atoms with Crippen molar-refractivity contribution in [3.05, 3.63) is 40.1 Å². The van der Waals surface area contributed by atoms with Crippen molar-refractivity contribution in [1.82, 2.24) is 9.88 Å². The average molecular weight is 322 g/mol. The van der Waals surface area contributed by atoms with Crippen LogP contribution in [0.3, 0.4) is 0 Å². The van der Waals surface area contributed by atoms with Crippen molar-refractivity contribution in [3.8, 4) is 0 Å². The lowest BCUT2D eigenvalue weighted by Gasteiger charge is -2.21. The van der Waals surface area contributed by atoms with E-state index in [4.69, 9.17) is 4.98 Å². The number of aryl methyl sites for hydroxylation is 3. The van der Waals surface area contributed by atoms with Crippen LogP contribution in [0.2, 0.25) is 0 Å². The van der Waals surface area contributed by atoms with Crippen molar-refractivity contribution in [2.45, 2.75) is 66.3 Å². The van der Waals surface area contributed by atoms with Crippen LogP contribution in [0.1, 0.15) is 61.6 Å². The summed E-state index contributed by atoms with van der Waals surface area (Å²) >= 11 is 0. The summed E-state index contributed by atoms with van der Waals surface area (Å²) in [4.78, 5) is 7.59. The highest BCUT2D eigenvalue weighted by Gasteiger charge is 2.29. The number of fused-ring (bicyclic) bond motifs is 3. The Morgan fingerprint density at radius 3 is 2.62 bits per heavy atom. The van der Waals surface area contributed by atoms with Gasteiger partial charge in [0, 0.05) is 24.2 Å². The Labute approximate surface area is 146 Å². The summed E-state index contributed by atoms with van der Waals surface area (Å²) in [6.45, 7) is 12.8. The first-order valence-corrected chi connectivity index (χ1v) is 9.63. The minimum atomic E-state index is 0.471. The first-order valence-electron chi connectivity index (χ1n) is 9.63. The molecule has 128 valence electrons. The van der Waals surface area contributed by atoms with Crippen LogP contribution in [0.5, 0.6) is 0 Å². The summed E-state index contributed by atoms with van der Waals surface area (Å²) in [5, 5.41) is 1.43. The molecule has 1 aliphatic heterocycles. The van der Waals surface area contributed by atoms with Gasteiger partial charge in [-0.3, -0.25) is 9.88 Å². The Bertz CT molecular complexity index is 788. The van der Waals surface area contributed by atoms with Gasteiger partial charge in [0.15, 0.2) is 0 Å². The van der Waals surface area contributed by atoms with Gasteiger partial charge in [0.25, 0.3) is 0 Å². The molecule has 2 nitrogen and oxygen atoms in total. The maximum absolute atomic E-state index is 4.97. The summed E-state index contributed by atoms with van der Waals surface area (Å²) in [6.07, 6.45) is 6.18. The highest BCUT2D eigenvalue weighted by atomic mass is 15.1. The molecule has 2 aromatic rings. The molecule has 0 bridgehead atoms. The fourth-order valence-corrected chi connectivity index (χ4v) is 4.78. The molecule has 0 spiro atoms. The van der Waals surface area contributed by atoms with Crippen LogP contribution < -0.4 is 0 Å². The minimum absolute atomic E-state index is 0.471. The highest BCUT2D eigenvalue weighted by Crippen LogP contribution is 2.34. The van der Waals surface area contributed by atoms with Gasteiger partial charge in [-0.25, -0.2) is 0 Å². The highest BCUT2D eigenvalue weighted by molar-refractivity contribution is 5.86. The lowest BCUT2D eigenvalue weighted by Crippen LogP contribution is -2.23. The van der Waals surface area contributed by atoms with E-state index < -0.39 is 0 Å². The predicted molar refractivity (Wildman–Crippen MR) is 102 cm³/mol. The molecule has 2 aliphatic rings. The third-order valence-electron chi connectivity index (χ3n) is 6.12. The number of nitrogens with zero attached hydrogens (tertiary/aromatic N) is 2. The molecule has 0 N–H and O–H groups in total. The zero-order chi connectivity index (χ0) is 16.9. The van der Waals surface area contributed by atoms with Crippen molar-refractivity contribution < 1.29 is 0 Å². The number of benzene rings is 1. The largest absolute Gasteiger partial charge is 0.299 e. The van der Waals surface area contributed by atoms with E-state index in [1.54, 1.807) is 5.56 Å². The number of pyridine rings is 1. The SMILES string of the molecule is CCc1cc2c3c(c(C)nc2cc1CN1CCC(C)(C)C1)CCC3. The molecular formula is C22H30N2. The van der Waals surface area contributed by atoms with E-state index >= 15 is 0 Å². The molecule has 1 saturated heterocycles. The molecule has 1 fully saturated rings. The molecule has 0 saturated carbocycles. The fraction of sp³-hybridized carbons (Fsp3) is 0.591. The monoisotopic (exact) mass is 322 g/mol. The van der Waals surface area contributed by atoms with Crippen molar-refractivity contribution in [1.29, 1.82) is 0 Å². The van der Waals surface area contributed by atoms with E-state index in [1.165, 1.54) is 72.1 Å². The minimum Gasteiger partial charge on any atom is -0.299 e. The smallest absolute Gasteiger partial charge is 0.0711 e. The zero-order valence-corrected chi connectivity index (χ0v) is 15.7. The van der Waals surface area contributed by atoms with Gasteiger partial charge in [0.05, 0.1) is 5.52 Å². The van der Waals surface area contributed by atoms with E-state index in [0.29, 0.717) is 5.41 Å². The van der Waals surface area contributed by atoms with Gasteiger partial charge in [-0.15, -0.1) is 0 Å². The molecule has 1 aromatic heterocycles. The summed E-state index contributed by atoms with van der Waals surface area (Å²) in [5.74, 6) is 0. The van der Waals surface area contributed by atoms with Crippen LogP contribution in [0.25, 0.3) is 10.9 Å². The summed E-state index contributed by atoms with van der Waals surface area (Å²) in [5.41, 5.74) is 9.07. The van der Waals surface area contributed by atoms with E-state index in [1.807, 2.05) is 0 Å². The lowest BCUT2D eigenvalue weighted by molar-refractivity contribution is 0.284. The van der Waals surface area contributed by atoms with E-state index in [9.17, 15) is 0 Å². The Hall–Kier alpha value is -1.41. The second-order valence-electron chi connectivity index (χ2n) is 8.62. The first-order chi connectivity index (χ1) is 11.5. The molecule has 24 heavy (non-hydrogen) atoms. The maximum Gasteiger partial charge on any atom is 0.0711 e. The van der Waals surface area contributed by atoms with Gasteiger partial charge < -0.3 is 0 Å². The van der Waals surface area contributed by atoms with Crippen molar-refractivity contribution in [2.24, 2.45) is 5.41 Å². The second-order valence-corrected chi connectivity index (χ2v) is 8.62. The number of likely N-dealkylation sites (tertiary alicyclic amines) is 1. The van der Waals surface area contributed by atoms with E-state index in [0.717, 1.165) is 13.0 Å². The Morgan fingerprint density at radius 2 is 1.92 bits per heavy atom. The third-order valence-corrected chi connectivity index (χ3v) is 6.12. The van der Waals surface area contributed by atoms with Crippen molar-refractivity contribution >= 4 is 10.9 Å². The summed E-state index contributed by atoms with van der Waals surface area (Å²) in [7, 11) is 0. The van der Waals surface area contributed by atoms with Gasteiger partial charge in [-0.1, -0.05) is 20.8 Å². The predicted octanol–water partition coefficient (Wildman–Crippen LogP) is 4.83. The van der Waals surface area contributed by atoms with Crippen LogP contribution in [-0.2, 0) is 25.8 Å². The van der Waals surface area contributed by atoms with Crippen LogP contribution in [-0.4, -0.2) is 23.0 Å². The lowest BCUT2D eigenvalue weighted by atomic mass is 9.93. The Balaban J connectivity index is 1.75. The molecule has 2 heteroatoms. The van der Waals surface area contributed by atoms with E-state index in [-0.39, 0.29) is 0 Å². The van der Waals surface area contributed by atoms with Crippen LogP contribution in [0, 0.1) is 12.3 Å². The standard InChI is InChI=1S/C22H30N2/c1-5-16-11-20-19-8-6-7-18(19)15(2)23-21(20)12-17(16)13-24-10-9-22(3,4)14-24/h11-12H,5-10,13-14H2,1-4H3. The molecule has 0 radical (unpaired) electrons. The average Bonchev–Trinajstić information content (AvgIpc) is 3.14. The molecule has 4 rings (SSSR count). The first kappa shape index (κ1) is 16.1. The Kier molecular flexibility index (Phi) is 3.91. The van der Waals surface area contributed by atoms with Crippen molar-refractivity contribution in [2.75, 3.05) is 13.1 Å². The number of rotatable bonds is 3. The fourth-order valence-electron chi connectivity index (χ4n) is 4.78. The molecule has 1 aliphatic carbocycles. The summed E-state index contributed by atoms with van der Waals surface area (Å²) in [6, 6.07) is 4.85. The molecule has 1 aromatic carbocycles. The number of hydrogen-bond donors (Lipinski definition) is 0. The normalized spacial score (nSPS) is 20.0. The van der Waals surface area contributed by atoms with E-state index in [2.05, 4.69) is 44.7 Å². The van der Waals surface area contributed by atoms with Gasteiger partial charge in [-0.05, 0) is 85.4 Å². The molecule has 0 atom stereocenters. The van der Waals surface area contributed by atoms with Crippen LogP contribution >= 0.6 is 0 Å². The van der Waals surface area contributed by atoms with Crippen LogP contribution in [0.4, 0.5) is 0 Å². The maximum atomic E-state index is 4.97. The van der Waals surface area contributed by atoms with Gasteiger partial charge in [-0.2, -0.15) is 0 Å². The Morgan fingerprint density at radius 1 is 1.12 bits per heavy atom. The topological polar surface area (TPSA) is 16.1 Å². The molecule has 0 unspecified atom stereocenters. The zero-order valence-electron chi connectivity index (χ0n) is 15.7. The summed E-state index contributed by atoms with van der Waals surface area (Å²) < 4.78 is 0. The number of hydrogen-bond acceptors (Lipinski definition) is 2.